The van der Waals surface area contributed by atoms with Crippen LogP contribution >= 0.6 is 27.3 Å². The summed E-state index contributed by atoms with van der Waals surface area (Å²) in [7, 11) is 0. The zero-order valence-electron chi connectivity index (χ0n) is 11.4. The smallest absolute Gasteiger partial charge is 0.0332 e. The van der Waals surface area contributed by atoms with Crippen molar-refractivity contribution in [3.63, 3.8) is 0 Å². The Hall–Kier alpha value is 0.1000. The maximum Gasteiger partial charge on any atom is 0.0332 e. The molecule has 102 valence electrons. The van der Waals surface area contributed by atoms with Gasteiger partial charge >= 0.3 is 0 Å². The van der Waals surface area contributed by atoms with Gasteiger partial charge in [-0.25, -0.2) is 0 Å². The SMILES string of the molecule is CCC(C)C1CNC(C)CN1Cc1cc(Br)cs1. The molecule has 2 rings (SSSR count). The van der Waals surface area contributed by atoms with Crippen LogP contribution in [0.15, 0.2) is 15.9 Å². The summed E-state index contributed by atoms with van der Waals surface area (Å²) in [6.07, 6.45) is 1.26. The molecular formula is C14H23BrN2S. The molecule has 0 aromatic carbocycles. The molecule has 3 unspecified atom stereocenters. The van der Waals surface area contributed by atoms with E-state index in [1.54, 1.807) is 0 Å². The molecule has 2 heterocycles. The van der Waals surface area contributed by atoms with Crippen LogP contribution in [0.25, 0.3) is 0 Å². The second-order valence-electron chi connectivity index (χ2n) is 5.42. The molecule has 1 fully saturated rings. The van der Waals surface area contributed by atoms with Gasteiger partial charge in [0.25, 0.3) is 0 Å². The van der Waals surface area contributed by atoms with Gasteiger partial charge in [-0.05, 0) is 34.8 Å². The molecule has 0 aliphatic carbocycles. The molecule has 0 saturated carbocycles. The van der Waals surface area contributed by atoms with Crippen molar-refractivity contribution in [1.82, 2.24) is 10.2 Å². The van der Waals surface area contributed by atoms with Crippen LogP contribution in [0.1, 0.15) is 32.1 Å². The molecule has 1 aromatic heterocycles. The topological polar surface area (TPSA) is 15.3 Å². The fourth-order valence-electron chi connectivity index (χ4n) is 2.65. The summed E-state index contributed by atoms with van der Waals surface area (Å²) in [4.78, 5) is 4.12. The molecule has 0 spiro atoms. The maximum atomic E-state index is 3.62. The summed E-state index contributed by atoms with van der Waals surface area (Å²) in [5, 5.41) is 5.80. The Bertz CT molecular complexity index is 380. The number of nitrogens with one attached hydrogen (secondary N) is 1. The first-order chi connectivity index (χ1) is 8.60. The van der Waals surface area contributed by atoms with Crippen LogP contribution < -0.4 is 5.32 Å². The van der Waals surface area contributed by atoms with Gasteiger partial charge in [0.15, 0.2) is 0 Å². The van der Waals surface area contributed by atoms with Crippen molar-refractivity contribution in [2.45, 2.75) is 45.8 Å². The van der Waals surface area contributed by atoms with Crippen molar-refractivity contribution in [3.05, 3.63) is 20.8 Å². The van der Waals surface area contributed by atoms with Gasteiger partial charge in [-0.1, -0.05) is 20.3 Å². The van der Waals surface area contributed by atoms with Gasteiger partial charge in [0.05, 0.1) is 0 Å². The molecule has 1 aliphatic rings. The molecule has 3 atom stereocenters. The largest absolute Gasteiger partial charge is 0.311 e. The Morgan fingerprint density at radius 3 is 3.00 bits per heavy atom. The highest BCUT2D eigenvalue weighted by molar-refractivity contribution is 9.10. The Balaban J connectivity index is 2.05. The highest BCUT2D eigenvalue weighted by atomic mass is 79.9. The highest BCUT2D eigenvalue weighted by Crippen LogP contribution is 2.25. The zero-order chi connectivity index (χ0) is 13.1. The lowest BCUT2D eigenvalue weighted by atomic mass is 9.94. The second-order valence-corrected chi connectivity index (χ2v) is 7.33. The molecule has 0 radical (unpaired) electrons. The number of thiophene rings is 1. The monoisotopic (exact) mass is 330 g/mol. The Kier molecular flexibility index (Phi) is 5.24. The van der Waals surface area contributed by atoms with Gasteiger partial charge in [0.2, 0.25) is 0 Å². The average Bonchev–Trinajstić information content (AvgIpc) is 2.74. The zero-order valence-corrected chi connectivity index (χ0v) is 13.9. The minimum atomic E-state index is 0.605. The first-order valence-corrected chi connectivity index (χ1v) is 8.47. The van der Waals surface area contributed by atoms with E-state index in [4.69, 9.17) is 0 Å². The number of hydrogen-bond acceptors (Lipinski definition) is 3. The summed E-state index contributed by atoms with van der Waals surface area (Å²) in [6, 6.07) is 3.53. The van der Waals surface area contributed by atoms with Crippen molar-refractivity contribution in [3.8, 4) is 0 Å². The van der Waals surface area contributed by atoms with E-state index in [1.807, 2.05) is 11.3 Å². The molecule has 2 nitrogen and oxygen atoms in total. The molecule has 1 aromatic rings. The number of rotatable bonds is 4. The summed E-state index contributed by atoms with van der Waals surface area (Å²) >= 11 is 5.40. The first kappa shape index (κ1) is 14.5. The van der Waals surface area contributed by atoms with Gasteiger partial charge in [-0.15, -0.1) is 11.3 Å². The van der Waals surface area contributed by atoms with E-state index in [0.717, 1.165) is 25.6 Å². The normalized spacial score (nSPS) is 27.3. The fourth-order valence-corrected chi connectivity index (χ4v) is 4.13. The van der Waals surface area contributed by atoms with Crippen LogP contribution in [-0.2, 0) is 6.54 Å². The van der Waals surface area contributed by atoms with Crippen molar-refractivity contribution < 1.29 is 0 Å². The number of nitrogens with zero attached hydrogens (tertiary/aromatic N) is 1. The lowest BCUT2D eigenvalue weighted by Gasteiger charge is -2.42. The Labute approximate surface area is 123 Å². The van der Waals surface area contributed by atoms with Gasteiger partial charge in [-0.3, -0.25) is 4.90 Å². The minimum Gasteiger partial charge on any atom is -0.311 e. The van der Waals surface area contributed by atoms with Crippen LogP contribution in [0.4, 0.5) is 0 Å². The summed E-state index contributed by atoms with van der Waals surface area (Å²) in [6.45, 7) is 10.3. The van der Waals surface area contributed by atoms with E-state index in [2.05, 4.69) is 58.4 Å². The van der Waals surface area contributed by atoms with Crippen molar-refractivity contribution >= 4 is 27.3 Å². The van der Waals surface area contributed by atoms with Crippen LogP contribution in [0, 0.1) is 5.92 Å². The predicted octanol–water partition coefficient (Wildman–Crippen LogP) is 3.72. The fraction of sp³-hybridized carbons (Fsp3) is 0.714. The Morgan fingerprint density at radius 1 is 1.61 bits per heavy atom. The minimum absolute atomic E-state index is 0.605. The van der Waals surface area contributed by atoms with E-state index in [0.29, 0.717) is 12.1 Å². The van der Waals surface area contributed by atoms with Crippen molar-refractivity contribution in [2.75, 3.05) is 13.1 Å². The molecule has 1 N–H and O–H groups in total. The second kappa shape index (κ2) is 6.51. The van der Waals surface area contributed by atoms with E-state index in [-0.39, 0.29) is 0 Å². The van der Waals surface area contributed by atoms with Crippen molar-refractivity contribution in [2.24, 2.45) is 5.92 Å². The van der Waals surface area contributed by atoms with E-state index in [1.165, 1.54) is 15.8 Å². The third kappa shape index (κ3) is 3.56. The molecule has 1 aliphatic heterocycles. The molecule has 18 heavy (non-hydrogen) atoms. The first-order valence-electron chi connectivity index (χ1n) is 6.80. The quantitative estimate of drug-likeness (QED) is 0.905. The van der Waals surface area contributed by atoms with Crippen LogP contribution in [0.5, 0.6) is 0 Å². The number of halogens is 1. The van der Waals surface area contributed by atoms with Crippen LogP contribution in [0.3, 0.4) is 0 Å². The predicted molar refractivity (Wildman–Crippen MR) is 83.1 cm³/mol. The number of hydrogen-bond donors (Lipinski definition) is 1. The molecule has 0 amide bonds. The third-order valence-electron chi connectivity index (χ3n) is 3.93. The average molecular weight is 331 g/mol. The maximum absolute atomic E-state index is 3.62. The number of piperazine rings is 1. The van der Waals surface area contributed by atoms with Crippen LogP contribution in [0.2, 0.25) is 0 Å². The van der Waals surface area contributed by atoms with E-state index < -0.39 is 0 Å². The van der Waals surface area contributed by atoms with Gasteiger partial charge < -0.3 is 5.32 Å². The van der Waals surface area contributed by atoms with E-state index in [9.17, 15) is 0 Å². The van der Waals surface area contributed by atoms with Gasteiger partial charge in [0, 0.05) is 46.4 Å². The van der Waals surface area contributed by atoms with Crippen LogP contribution in [-0.4, -0.2) is 30.1 Å². The molecular weight excluding hydrogens is 308 g/mol. The lowest BCUT2D eigenvalue weighted by molar-refractivity contribution is 0.0895. The van der Waals surface area contributed by atoms with Crippen molar-refractivity contribution in [1.29, 1.82) is 0 Å². The molecule has 0 bridgehead atoms. The standard InChI is InChI=1S/C14H23BrN2S/c1-4-10(2)14-6-16-11(3)7-17(14)8-13-5-12(15)9-18-13/h5,9-11,14,16H,4,6-8H2,1-3H3. The third-order valence-corrected chi connectivity index (χ3v) is 5.62. The highest BCUT2D eigenvalue weighted by Gasteiger charge is 2.29. The molecule has 4 heteroatoms. The Morgan fingerprint density at radius 2 is 2.39 bits per heavy atom. The lowest BCUT2D eigenvalue weighted by Crippen LogP contribution is -2.57. The van der Waals surface area contributed by atoms with Gasteiger partial charge in [0.1, 0.15) is 0 Å². The molecule has 1 saturated heterocycles. The van der Waals surface area contributed by atoms with Gasteiger partial charge in [-0.2, -0.15) is 0 Å². The van der Waals surface area contributed by atoms with E-state index >= 15 is 0 Å². The summed E-state index contributed by atoms with van der Waals surface area (Å²) < 4.78 is 1.21. The summed E-state index contributed by atoms with van der Waals surface area (Å²) in [5.41, 5.74) is 0. The summed E-state index contributed by atoms with van der Waals surface area (Å²) in [5.74, 6) is 0.758.